The summed E-state index contributed by atoms with van der Waals surface area (Å²) >= 11 is 1.51. The first-order valence-electron chi connectivity index (χ1n) is 5.14. The summed E-state index contributed by atoms with van der Waals surface area (Å²) in [5.74, 6) is -0.476. The van der Waals surface area contributed by atoms with Gasteiger partial charge in [-0.1, -0.05) is 13.0 Å². The van der Waals surface area contributed by atoms with E-state index in [9.17, 15) is 9.59 Å². The summed E-state index contributed by atoms with van der Waals surface area (Å²) in [7, 11) is 1.32. The molecule has 0 aliphatic heterocycles. The van der Waals surface area contributed by atoms with Crippen LogP contribution in [-0.4, -0.2) is 29.9 Å². The molecule has 1 aromatic rings. The monoisotopic (exact) mass is 254 g/mol. The van der Waals surface area contributed by atoms with Crippen molar-refractivity contribution < 1.29 is 19.4 Å². The largest absolute Gasteiger partial charge is 0.481 e. The van der Waals surface area contributed by atoms with Crippen molar-refractivity contribution in [2.45, 2.75) is 18.2 Å². The van der Waals surface area contributed by atoms with Crippen LogP contribution in [0.15, 0.2) is 23.1 Å². The molecular formula is C12H14O4S. The standard InChI is InChI=1S/C12H14O4S/c1-3-17-10-6-9(12(15)16-2)5-4-8(10)7-11(13)14/h4-6H,3,7H2,1-2H3,(H,13,14). The smallest absolute Gasteiger partial charge is 0.337 e. The number of thioether (sulfide) groups is 1. The molecule has 0 unspecified atom stereocenters. The molecule has 0 bridgehead atoms. The molecule has 0 saturated heterocycles. The van der Waals surface area contributed by atoms with Gasteiger partial charge in [0.25, 0.3) is 0 Å². The summed E-state index contributed by atoms with van der Waals surface area (Å²) in [6.45, 7) is 1.97. The Morgan fingerprint density at radius 2 is 2.12 bits per heavy atom. The van der Waals surface area contributed by atoms with Gasteiger partial charge in [0.05, 0.1) is 19.1 Å². The molecule has 0 fully saturated rings. The van der Waals surface area contributed by atoms with Crippen molar-refractivity contribution >= 4 is 23.7 Å². The molecule has 0 radical (unpaired) electrons. The molecule has 1 N–H and O–H groups in total. The number of hydrogen-bond acceptors (Lipinski definition) is 4. The molecule has 1 aromatic carbocycles. The van der Waals surface area contributed by atoms with Gasteiger partial charge in [-0.2, -0.15) is 0 Å². The Bertz CT molecular complexity index is 429. The number of aliphatic carboxylic acids is 1. The summed E-state index contributed by atoms with van der Waals surface area (Å²) in [4.78, 5) is 22.9. The van der Waals surface area contributed by atoms with Gasteiger partial charge in [-0.25, -0.2) is 4.79 Å². The van der Waals surface area contributed by atoms with Crippen LogP contribution in [0.4, 0.5) is 0 Å². The van der Waals surface area contributed by atoms with Gasteiger partial charge in [-0.05, 0) is 23.4 Å². The maximum atomic E-state index is 11.4. The molecule has 1 rings (SSSR count). The molecule has 17 heavy (non-hydrogen) atoms. The zero-order valence-corrected chi connectivity index (χ0v) is 10.5. The molecule has 0 saturated carbocycles. The minimum Gasteiger partial charge on any atom is -0.481 e. The van der Waals surface area contributed by atoms with Crippen LogP contribution in [0.5, 0.6) is 0 Å². The molecule has 0 atom stereocenters. The maximum Gasteiger partial charge on any atom is 0.337 e. The van der Waals surface area contributed by atoms with E-state index in [2.05, 4.69) is 4.74 Å². The highest BCUT2D eigenvalue weighted by molar-refractivity contribution is 7.99. The maximum absolute atomic E-state index is 11.4. The number of carbonyl (C=O) groups excluding carboxylic acids is 1. The highest BCUT2D eigenvalue weighted by Crippen LogP contribution is 2.25. The van der Waals surface area contributed by atoms with Gasteiger partial charge in [-0.3, -0.25) is 4.79 Å². The Kier molecular flexibility index (Phi) is 5.03. The third kappa shape index (κ3) is 3.78. The molecule has 0 spiro atoms. The van der Waals surface area contributed by atoms with E-state index in [1.165, 1.54) is 18.9 Å². The second-order valence-electron chi connectivity index (χ2n) is 3.32. The second kappa shape index (κ2) is 6.30. The fourth-order valence-electron chi connectivity index (χ4n) is 1.40. The van der Waals surface area contributed by atoms with Crippen molar-refractivity contribution in [3.8, 4) is 0 Å². The van der Waals surface area contributed by atoms with Crippen LogP contribution >= 0.6 is 11.8 Å². The lowest BCUT2D eigenvalue weighted by atomic mass is 10.1. The summed E-state index contributed by atoms with van der Waals surface area (Å²) in [6, 6.07) is 4.93. The van der Waals surface area contributed by atoms with Crippen molar-refractivity contribution in [1.29, 1.82) is 0 Å². The van der Waals surface area contributed by atoms with Gasteiger partial charge in [0.2, 0.25) is 0 Å². The van der Waals surface area contributed by atoms with Crippen LogP contribution in [0.25, 0.3) is 0 Å². The van der Waals surface area contributed by atoms with Gasteiger partial charge < -0.3 is 9.84 Å². The molecule has 0 aromatic heterocycles. The van der Waals surface area contributed by atoms with Crippen molar-refractivity contribution in [3.63, 3.8) is 0 Å². The van der Waals surface area contributed by atoms with E-state index in [0.717, 1.165) is 16.2 Å². The number of methoxy groups -OCH3 is 1. The lowest BCUT2D eigenvalue weighted by Crippen LogP contribution is -2.05. The number of esters is 1. The molecule has 0 amide bonds. The first kappa shape index (κ1) is 13.6. The number of ether oxygens (including phenoxy) is 1. The first-order chi connectivity index (χ1) is 8.08. The second-order valence-corrected chi connectivity index (χ2v) is 4.62. The summed E-state index contributed by atoms with van der Waals surface area (Å²) < 4.78 is 4.63. The molecule has 0 aliphatic rings. The molecule has 5 heteroatoms. The number of rotatable bonds is 5. The Morgan fingerprint density at radius 3 is 2.65 bits per heavy atom. The van der Waals surface area contributed by atoms with Crippen LogP contribution in [0, 0.1) is 0 Å². The zero-order valence-electron chi connectivity index (χ0n) is 9.73. The minimum absolute atomic E-state index is 0.0379. The van der Waals surface area contributed by atoms with E-state index in [1.807, 2.05) is 6.92 Å². The molecular weight excluding hydrogens is 240 g/mol. The molecule has 0 aliphatic carbocycles. The van der Waals surface area contributed by atoms with Crippen LogP contribution < -0.4 is 0 Å². The minimum atomic E-state index is -0.881. The van der Waals surface area contributed by atoms with Gasteiger partial charge in [0.15, 0.2) is 0 Å². The van der Waals surface area contributed by atoms with E-state index < -0.39 is 11.9 Å². The van der Waals surface area contributed by atoms with E-state index in [-0.39, 0.29) is 6.42 Å². The lowest BCUT2D eigenvalue weighted by Gasteiger charge is -2.08. The third-order valence-electron chi connectivity index (χ3n) is 2.13. The van der Waals surface area contributed by atoms with Crippen molar-refractivity contribution in [2.24, 2.45) is 0 Å². The van der Waals surface area contributed by atoms with Crippen LogP contribution in [0.2, 0.25) is 0 Å². The first-order valence-corrected chi connectivity index (χ1v) is 6.12. The zero-order chi connectivity index (χ0) is 12.8. The highest BCUT2D eigenvalue weighted by Gasteiger charge is 2.11. The van der Waals surface area contributed by atoms with Crippen molar-refractivity contribution in [2.75, 3.05) is 12.9 Å². The molecule has 92 valence electrons. The van der Waals surface area contributed by atoms with Crippen LogP contribution in [0.3, 0.4) is 0 Å². The Morgan fingerprint density at radius 1 is 1.41 bits per heavy atom. The van der Waals surface area contributed by atoms with E-state index in [4.69, 9.17) is 5.11 Å². The van der Waals surface area contributed by atoms with Gasteiger partial charge in [0, 0.05) is 4.90 Å². The fourth-order valence-corrected chi connectivity index (χ4v) is 2.25. The SMILES string of the molecule is CCSc1cc(C(=O)OC)ccc1CC(=O)O. The average molecular weight is 254 g/mol. The van der Waals surface area contributed by atoms with Gasteiger partial charge >= 0.3 is 11.9 Å². The highest BCUT2D eigenvalue weighted by atomic mass is 32.2. The molecule has 4 nitrogen and oxygen atoms in total. The van der Waals surface area contributed by atoms with E-state index >= 15 is 0 Å². The quantitative estimate of drug-likeness (QED) is 0.644. The number of hydrogen-bond donors (Lipinski definition) is 1. The third-order valence-corrected chi connectivity index (χ3v) is 3.11. The topological polar surface area (TPSA) is 63.6 Å². The summed E-state index contributed by atoms with van der Waals surface area (Å²) in [5, 5.41) is 8.78. The normalized spacial score (nSPS) is 10.0. The fraction of sp³-hybridized carbons (Fsp3) is 0.333. The van der Waals surface area contributed by atoms with Gasteiger partial charge in [0.1, 0.15) is 0 Å². The Labute approximate surface area is 104 Å². The van der Waals surface area contributed by atoms with E-state index in [0.29, 0.717) is 5.56 Å². The van der Waals surface area contributed by atoms with Crippen molar-refractivity contribution in [3.05, 3.63) is 29.3 Å². The predicted molar refractivity (Wildman–Crippen MR) is 65.5 cm³/mol. The number of carbonyl (C=O) groups is 2. The van der Waals surface area contributed by atoms with E-state index in [1.54, 1.807) is 18.2 Å². The summed E-state index contributed by atoms with van der Waals surface area (Å²) in [5.41, 5.74) is 1.16. The van der Waals surface area contributed by atoms with Crippen LogP contribution in [-0.2, 0) is 16.0 Å². The van der Waals surface area contributed by atoms with Crippen LogP contribution in [0.1, 0.15) is 22.8 Å². The number of carboxylic acids is 1. The average Bonchev–Trinajstić information content (AvgIpc) is 2.30. The molecule has 0 heterocycles. The lowest BCUT2D eigenvalue weighted by molar-refractivity contribution is -0.136. The van der Waals surface area contributed by atoms with Crippen molar-refractivity contribution in [1.82, 2.24) is 0 Å². The number of benzene rings is 1. The Balaban J connectivity index is 3.07. The Hall–Kier alpha value is -1.49. The predicted octanol–water partition coefficient (Wildman–Crippen LogP) is 2.21. The summed E-state index contributed by atoms with van der Waals surface area (Å²) in [6.07, 6.45) is -0.0379. The number of carboxylic acid groups (broad SMARTS) is 1. The van der Waals surface area contributed by atoms with Gasteiger partial charge in [-0.15, -0.1) is 11.8 Å².